The van der Waals surface area contributed by atoms with Crippen molar-refractivity contribution in [3.8, 4) is 11.5 Å². The Morgan fingerprint density at radius 2 is 1.62 bits per heavy atom. The molecule has 0 atom stereocenters. The van der Waals surface area contributed by atoms with Gasteiger partial charge in [0.25, 0.3) is 5.91 Å². The van der Waals surface area contributed by atoms with Gasteiger partial charge >= 0.3 is 0 Å². The van der Waals surface area contributed by atoms with Crippen LogP contribution in [0.15, 0.2) is 72.8 Å². The largest absolute Gasteiger partial charge is 0.491 e. The van der Waals surface area contributed by atoms with Crippen molar-refractivity contribution in [3.05, 3.63) is 89.7 Å². The van der Waals surface area contributed by atoms with Gasteiger partial charge in [-0.2, -0.15) is 0 Å². The van der Waals surface area contributed by atoms with Crippen molar-refractivity contribution in [1.29, 1.82) is 0 Å². The van der Waals surface area contributed by atoms with Crippen molar-refractivity contribution in [3.63, 3.8) is 0 Å². The predicted octanol–water partition coefficient (Wildman–Crippen LogP) is 4.68. The molecule has 1 amide bonds. The van der Waals surface area contributed by atoms with Crippen LogP contribution in [0.4, 0.5) is 10.1 Å². The topological polar surface area (TPSA) is 56.8 Å². The number of anilines is 1. The van der Waals surface area contributed by atoms with Crippen LogP contribution < -0.4 is 14.8 Å². The van der Waals surface area contributed by atoms with Gasteiger partial charge in [-0.25, -0.2) is 4.39 Å². The van der Waals surface area contributed by atoms with Gasteiger partial charge < -0.3 is 19.5 Å². The summed E-state index contributed by atoms with van der Waals surface area (Å²) in [6.45, 7) is 1.19. The monoisotopic (exact) mass is 395 g/mol. The van der Waals surface area contributed by atoms with Crippen LogP contribution in [0, 0.1) is 5.82 Å². The molecule has 3 rings (SSSR count). The minimum Gasteiger partial charge on any atom is -0.491 e. The molecule has 0 fully saturated rings. The third-order valence-electron chi connectivity index (χ3n) is 4.06. The summed E-state index contributed by atoms with van der Waals surface area (Å²) in [5.74, 6) is 0.666. The van der Waals surface area contributed by atoms with Crippen LogP contribution in [0.25, 0.3) is 0 Å². The zero-order chi connectivity index (χ0) is 20.5. The third-order valence-corrected chi connectivity index (χ3v) is 4.06. The Kier molecular flexibility index (Phi) is 7.19. The molecule has 0 aliphatic heterocycles. The highest BCUT2D eigenvalue weighted by atomic mass is 19.1. The fraction of sp³-hybridized carbons (Fsp3) is 0.174. The van der Waals surface area contributed by atoms with Crippen LogP contribution >= 0.6 is 0 Å². The molecule has 0 heterocycles. The zero-order valence-electron chi connectivity index (χ0n) is 16.1. The molecule has 3 aromatic rings. The van der Waals surface area contributed by atoms with E-state index in [0.717, 1.165) is 5.56 Å². The van der Waals surface area contributed by atoms with Crippen LogP contribution in [0.3, 0.4) is 0 Å². The molecule has 0 aliphatic rings. The van der Waals surface area contributed by atoms with Crippen molar-refractivity contribution in [2.75, 3.05) is 25.6 Å². The van der Waals surface area contributed by atoms with Gasteiger partial charge in [-0.3, -0.25) is 4.79 Å². The Bertz CT molecular complexity index is 944. The maximum Gasteiger partial charge on any atom is 0.255 e. The molecule has 1 N–H and O–H groups in total. The number of carbonyl (C=O) groups is 1. The van der Waals surface area contributed by atoms with Gasteiger partial charge in [0.1, 0.15) is 30.5 Å². The van der Waals surface area contributed by atoms with Gasteiger partial charge in [-0.05, 0) is 48.0 Å². The summed E-state index contributed by atoms with van der Waals surface area (Å²) in [5.41, 5.74) is 1.95. The average Bonchev–Trinajstić information content (AvgIpc) is 2.74. The second-order valence-electron chi connectivity index (χ2n) is 6.27. The summed E-state index contributed by atoms with van der Waals surface area (Å²) in [6, 6.07) is 20.2. The van der Waals surface area contributed by atoms with Crippen LogP contribution in [-0.4, -0.2) is 26.2 Å². The van der Waals surface area contributed by atoms with Crippen LogP contribution in [0.2, 0.25) is 0 Å². The summed E-state index contributed by atoms with van der Waals surface area (Å²) >= 11 is 0. The number of nitrogens with one attached hydrogen (secondary N) is 1. The van der Waals surface area contributed by atoms with E-state index < -0.39 is 0 Å². The Labute approximate surface area is 169 Å². The lowest BCUT2D eigenvalue weighted by atomic mass is 10.2. The molecule has 150 valence electrons. The highest BCUT2D eigenvalue weighted by Gasteiger charge is 2.08. The highest BCUT2D eigenvalue weighted by Crippen LogP contribution is 2.20. The second kappa shape index (κ2) is 10.2. The summed E-state index contributed by atoms with van der Waals surface area (Å²) in [5, 5.41) is 2.85. The summed E-state index contributed by atoms with van der Waals surface area (Å²) in [4.78, 5) is 12.6. The SMILES string of the molecule is COCCOc1cccc(C(=O)Nc2cccc(OCc3ccc(F)cc3)c2)c1. The Morgan fingerprint density at radius 3 is 2.38 bits per heavy atom. The van der Waals surface area contributed by atoms with Gasteiger partial charge in [0, 0.05) is 24.4 Å². The number of halogens is 1. The number of carbonyl (C=O) groups excluding carboxylic acids is 1. The van der Waals surface area contributed by atoms with Gasteiger partial charge in [-0.15, -0.1) is 0 Å². The molecule has 0 radical (unpaired) electrons. The molecule has 0 spiro atoms. The Hall–Kier alpha value is -3.38. The van der Waals surface area contributed by atoms with E-state index >= 15 is 0 Å². The lowest BCUT2D eigenvalue weighted by Crippen LogP contribution is -2.12. The number of hydrogen-bond acceptors (Lipinski definition) is 4. The molecule has 3 aromatic carbocycles. The Balaban J connectivity index is 1.60. The van der Waals surface area contributed by atoms with E-state index in [2.05, 4.69) is 5.32 Å². The lowest BCUT2D eigenvalue weighted by Gasteiger charge is -2.10. The highest BCUT2D eigenvalue weighted by molar-refractivity contribution is 6.04. The molecular weight excluding hydrogens is 373 g/mol. The van der Waals surface area contributed by atoms with E-state index in [1.54, 1.807) is 67.8 Å². The molecule has 29 heavy (non-hydrogen) atoms. The summed E-state index contributed by atoms with van der Waals surface area (Å²) in [7, 11) is 1.60. The maximum absolute atomic E-state index is 13.0. The molecular formula is C23H22FNO4. The molecule has 5 nitrogen and oxygen atoms in total. The normalized spacial score (nSPS) is 10.4. The third kappa shape index (κ3) is 6.33. The van der Waals surface area contributed by atoms with Gasteiger partial charge in [0.05, 0.1) is 6.61 Å². The summed E-state index contributed by atoms with van der Waals surface area (Å²) in [6.07, 6.45) is 0. The molecule has 0 aromatic heterocycles. The molecule has 0 bridgehead atoms. The minimum absolute atomic E-state index is 0.252. The molecule has 0 aliphatic carbocycles. The molecule has 0 unspecified atom stereocenters. The fourth-order valence-electron chi connectivity index (χ4n) is 2.58. The van der Waals surface area contributed by atoms with Crippen LogP contribution in [0.5, 0.6) is 11.5 Å². The molecule has 0 saturated heterocycles. The minimum atomic E-state index is -0.286. The van der Waals surface area contributed by atoms with Crippen molar-refractivity contribution in [2.24, 2.45) is 0 Å². The van der Waals surface area contributed by atoms with Crippen molar-refractivity contribution < 1.29 is 23.4 Å². The smallest absolute Gasteiger partial charge is 0.255 e. The van der Waals surface area contributed by atoms with E-state index in [4.69, 9.17) is 14.2 Å². The quantitative estimate of drug-likeness (QED) is 0.535. The van der Waals surface area contributed by atoms with Gasteiger partial charge in [0.2, 0.25) is 0 Å². The maximum atomic E-state index is 13.0. The van der Waals surface area contributed by atoms with E-state index in [1.807, 2.05) is 0 Å². The van der Waals surface area contributed by atoms with Crippen molar-refractivity contribution in [2.45, 2.75) is 6.61 Å². The fourth-order valence-corrected chi connectivity index (χ4v) is 2.58. The van der Waals surface area contributed by atoms with Crippen molar-refractivity contribution >= 4 is 11.6 Å². The molecule has 0 saturated carbocycles. The lowest BCUT2D eigenvalue weighted by molar-refractivity contribution is 0.102. The summed E-state index contributed by atoms with van der Waals surface area (Å²) < 4.78 is 29.2. The number of rotatable bonds is 9. The first-order chi connectivity index (χ1) is 14.1. The standard InChI is InChI=1S/C23H22FNO4/c1-27-12-13-28-21-6-2-4-18(14-21)23(26)25-20-5-3-7-22(15-20)29-16-17-8-10-19(24)11-9-17/h2-11,14-15H,12-13,16H2,1H3,(H,25,26). The number of hydrogen-bond donors (Lipinski definition) is 1. The first-order valence-corrected chi connectivity index (χ1v) is 9.14. The van der Waals surface area contributed by atoms with Crippen molar-refractivity contribution in [1.82, 2.24) is 0 Å². The van der Waals surface area contributed by atoms with E-state index in [1.165, 1.54) is 12.1 Å². The number of benzene rings is 3. The van der Waals surface area contributed by atoms with Crippen LogP contribution in [-0.2, 0) is 11.3 Å². The first-order valence-electron chi connectivity index (χ1n) is 9.14. The Morgan fingerprint density at radius 1 is 0.897 bits per heavy atom. The second-order valence-corrected chi connectivity index (χ2v) is 6.27. The predicted molar refractivity (Wildman–Crippen MR) is 109 cm³/mol. The van der Waals surface area contributed by atoms with E-state index in [-0.39, 0.29) is 11.7 Å². The average molecular weight is 395 g/mol. The zero-order valence-corrected chi connectivity index (χ0v) is 16.1. The van der Waals surface area contributed by atoms with Crippen LogP contribution in [0.1, 0.15) is 15.9 Å². The van der Waals surface area contributed by atoms with E-state index in [9.17, 15) is 9.18 Å². The van der Waals surface area contributed by atoms with E-state index in [0.29, 0.717) is 42.6 Å². The number of ether oxygens (including phenoxy) is 3. The van der Waals surface area contributed by atoms with Gasteiger partial charge in [-0.1, -0.05) is 24.3 Å². The van der Waals surface area contributed by atoms with Gasteiger partial charge in [0.15, 0.2) is 0 Å². The first kappa shape index (κ1) is 20.4. The number of methoxy groups -OCH3 is 1. The molecule has 6 heteroatoms. The number of amides is 1.